The van der Waals surface area contributed by atoms with Gasteiger partial charge in [-0.3, -0.25) is 4.79 Å². The summed E-state index contributed by atoms with van der Waals surface area (Å²) in [7, 11) is 0. The highest BCUT2D eigenvalue weighted by atomic mass is 16.3. The largest absolute Gasteiger partial charge is 0.394 e. The Kier molecular flexibility index (Phi) is 48.3. The van der Waals surface area contributed by atoms with Gasteiger partial charge in [-0.25, -0.2) is 0 Å². The minimum atomic E-state index is -0.867. The third-order valence-corrected chi connectivity index (χ3v) is 11.9. The van der Waals surface area contributed by atoms with E-state index in [-0.39, 0.29) is 12.5 Å². The van der Waals surface area contributed by atoms with Crippen LogP contribution in [0.4, 0.5) is 0 Å². The molecule has 0 aliphatic carbocycles. The molecular formula is C54H101NO3. The van der Waals surface area contributed by atoms with Crippen LogP contribution in [0.2, 0.25) is 0 Å². The van der Waals surface area contributed by atoms with E-state index in [4.69, 9.17) is 0 Å². The lowest BCUT2D eigenvalue weighted by Gasteiger charge is -2.19. The molecule has 0 bridgehead atoms. The smallest absolute Gasteiger partial charge is 0.220 e. The molecule has 0 fully saturated rings. The minimum Gasteiger partial charge on any atom is -0.394 e. The van der Waals surface area contributed by atoms with Crippen molar-refractivity contribution in [1.82, 2.24) is 5.32 Å². The molecule has 0 aromatic heterocycles. The van der Waals surface area contributed by atoms with Gasteiger partial charge >= 0.3 is 0 Å². The molecule has 4 heteroatoms. The highest BCUT2D eigenvalue weighted by molar-refractivity contribution is 5.76. The third-order valence-electron chi connectivity index (χ3n) is 11.9. The van der Waals surface area contributed by atoms with Gasteiger partial charge in [-0.05, 0) is 64.7 Å². The maximum absolute atomic E-state index is 12.4. The molecule has 340 valence electrons. The number of carbonyl (C=O) groups is 1. The van der Waals surface area contributed by atoms with E-state index in [0.717, 1.165) is 38.5 Å². The highest BCUT2D eigenvalue weighted by Gasteiger charge is 2.17. The predicted octanol–water partition coefficient (Wildman–Crippen LogP) is 16.7. The first-order valence-electron chi connectivity index (χ1n) is 25.8. The molecule has 0 saturated carbocycles. The molecule has 0 saturated heterocycles. The van der Waals surface area contributed by atoms with Crippen LogP contribution in [0.3, 0.4) is 0 Å². The van der Waals surface area contributed by atoms with E-state index in [1.807, 2.05) is 13.0 Å². The molecule has 0 aliphatic heterocycles. The second kappa shape index (κ2) is 49.7. The fourth-order valence-corrected chi connectivity index (χ4v) is 7.92. The zero-order valence-electron chi connectivity index (χ0n) is 39.1. The van der Waals surface area contributed by atoms with Crippen LogP contribution in [-0.2, 0) is 4.79 Å². The van der Waals surface area contributed by atoms with Crippen LogP contribution in [0.5, 0.6) is 0 Å². The van der Waals surface area contributed by atoms with Gasteiger partial charge in [-0.1, -0.05) is 248 Å². The number of nitrogens with one attached hydrogen (secondary N) is 1. The summed E-state index contributed by atoms with van der Waals surface area (Å²) in [6, 6.07) is -0.643. The average molecular weight is 812 g/mol. The van der Waals surface area contributed by atoms with Crippen molar-refractivity contribution >= 4 is 5.91 Å². The Bertz CT molecular complexity index is 923. The Labute approximate surface area is 363 Å². The summed E-state index contributed by atoms with van der Waals surface area (Å²) in [6.07, 6.45) is 68.8. The molecule has 2 unspecified atom stereocenters. The van der Waals surface area contributed by atoms with Crippen molar-refractivity contribution < 1.29 is 15.0 Å². The second-order valence-corrected chi connectivity index (χ2v) is 17.6. The van der Waals surface area contributed by atoms with E-state index in [1.54, 1.807) is 6.08 Å². The Morgan fingerprint density at radius 1 is 0.431 bits per heavy atom. The second-order valence-electron chi connectivity index (χ2n) is 17.6. The minimum absolute atomic E-state index is 0.0791. The maximum Gasteiger partial charge on any atom is 0.220 e. The van der Waals surface area contributed by atoms with Gasteiger partial charge in [0.2, 0.25) is 5.91 Å². The van der Waals surface area contributed by atoms with Gasteiger partial charge in [0.15, 0.2) is 0 Å². The SMILES string of the molecule is C/C=C/CC/C=C/CC/C=C/C(O)C(CO)NC(=O)CCCCCCCCCCCCCCCCCCC/C=C\CCCCCCCCCCCCCCCCCC. The Balaban J connectivity index is 3.37. The number of rotatable bonds is 47. The first-order chi connectivity index (χ1) is 28.7. The van der Waals surface area contributed by atoms with Crippen LogP contribution in [0.25, 0.3) is 0 Å². The highest BCUT2D eigenvalue weighted by Crippen LogP contribution is 2.17. The molecule has 0 aromatic rings. The van der Waals surface area contributed by atoms with Crippen LogP contribution in [0.1, 0.15) is 271 Å². The van der Waals surface area contributed by atoms with Gasteiger partial charge in [0.25, 0.3) is 0 Å². The molecule has 3 N–H and O–H groups in total. The van der Waals surface area contributed by atoms with Crippen LogP contribution in [0.15, 0.2) is 48.6 Å². The lowest BCUT2D eigenvalue weighted by atomic mass is 10.0. The van der Waals surface area contributed by atoms with E-state index in [1.165, 1.54) is 212 Å². The van der Waals surface area contributed by atoms with Crippen LogP contribution in [-0.4, -0.2) is 34.9 Å². The molecule has 0 aliphatic rings. The number of carbonyl (C=O) groups excluding carboxylic acids is 1. The van der Waals surface area contributed by atoms with E-state index in [9.17, 15) is 15.0 Å². The van der Waals surface area contributed by atoms with E-state index >= 15 is 0 Å². The predicted molar refractivity (Wildman–Crippen MR) is 258 cm³/mol. The Morgan fingerprint density at radius 2 is 0.741 bits per heavy atom. The van der Waals surface area contributed by atoms with Gasteiger partial charge in [0, 0.05) is 6.42 Å². The summed E-state index contributed by atoms with van der Waals surface area (Å²) in [5.74, 6) is -0.0791. The van der Waals surface area contributed by atoms with E-state index < -0.39 is 12.1 Å². The van der Waals surface area contributed by atoms with Gasteiger partial charge in [0.1, 0.15) is 0 Å². The summed E-state index contributed by atoms with van der Waals surface area (Å²) < 4.78 is 0. The molecule has 1 amide bonds. The van der Waals surface area contributed by atoms with Crippen molar-refractivity contribution in [3.8, 4) is 0 Å². The number of allylic oxidation sites excluding steroid dienone is 7. The Morgan fingerprint density at radius 3 is 1.10 bits per heavy atom. The average Bonchev–Trinajstić information content (AvgIpc) is 3.23. The summed E-state index contributed by atoms with van der Waals surface area (Å²) in [5, 5.41) is 22.9. The number of hydrogen-bond acceptors (Lipinski definition) is 3. The van der Waals surface area contributed by atoms with Crippen LogP contribution >= 0.6 is 0 Å². The van der Waals surface area contributed by atoms with Crippen molar-refractivity contribution in [3.63, 3.8) is 0 Å². The molecule has 58 heavy (non-hydrogen) atoms. The topological polar surface area (TPSA) is 69.6 Å². The van der Waals surface area contributed by atoms with Crippen molar-refractivity contribution in [2.24, 2.45) is 0 Å². The maximum atomic E-state index is 12.4. The summed E-state index contributed by atoms with van der Waals surface area (Å²) in [6.45, 7) is 4.07. The quantitative estimate of drug-likeness (QED) is 0.0423. The summed E-state index contributed by atoms with van der Waals surface area (Å²) in [5.41, 5.74) is 0. The third kappa shape index (κ3) is 45.4. The first-order valence-corrected chi connectivity index (χ1v) is 25.8. The van der Waals surface area contributed by atoms with Crippen LogP contribution < -0.4 is 5.32 Å². The van der Waals surface area contributed by atoms with E-state index in [0.29, 0.717) is 6.42 Å². The molecule has 0 heterocycles. The lowest BCUT2D eigenvalue weighted by Crippen LogP contribution is -2.45. The number of aliphatic hydroxyl groups excluding tert-OH is 2. The molecule has 0 spiro atoms. The standard InChI is InChI=1S/C54H101NO3/c1-3-5-7-9-11-13-14-15-16-17-18-19-20-21-22-23-24-25-26-27-28-29-30-31-32-33-34-35-36-37-38-39-40-42-44-46-48-50-54(58)55-52(51-56)53(57)49-47-45-43-41-12-10-8-6-4-2/h4,6,12,25-26,41,47,49,52-53,56-57H,3,5,7-11,13-24,27-40,42-46,48,50-51H2,1-2H3,(H,55,58)/b6-4+,26-25-,41-12+,49-47+. The fraction of sp³-hybridized carbons (Fsp3) is 0.833. The lowest BCUT2D eigenvalue weighted by molar-refractivity contribution is -0.123. The summed E-state index contributed by atoms with van der Waals surface area (Å²) in [4.78, 5) is 12.4. The van der Waals surface area contributed by atoms with E-state index in [2.05, 4.69) is 48.7 Å². The molecule has 2 atom stereocenters. The Hall–Kier alpha value is -1.65. The number of hydrogen-bond donors (Lipinski definition) is 3. The number of aliphatic hydroxyl groups is 2. The zero-order valence-corrected chi connectivity index (χ0v) is 39.1. The molecular weight excluding hydrogens is 711 g/mol. The molecule has 4 nitrogen and oxygen atoms in total. The number of amides is 1. The molecule has 0 rings (SSSR count). The van der Waals surface area contributed by atoms with Crippen LogP contribution in [0, 0.1) is 0 Å². The fourth-order valence-electron chi connectivity index (χ4n) is 7.92. The van der Waals surface area contributed by atoms with Crippen molar-refractivity contribution in [2.75, 3.05) is 6.61 Å². The van der Waals surface area contributed by atoms with Gasteiger partial charge in [0.05, 0.1) is 18.8 Å². The first kappa shape index (κ1) is 56.4. The molecule has 0 aromatic carbocycles. The summed E-state index contributed by atoms with van der Waals surface area (Å²) >= 11 is 0. The van der Waals surface area contributed by atoms with Gasteiger partial charge in [-0.15, -0.1) is 0 Å². The monoisotopic (exact) mass is 812 g/mol. The van der Waals surface area contributed by atoms with Gasteiger partial charge < -0.3 is 15.5 Å². The van der Waals surface area contributed by atoms with Crippen molar-refractivity contribution in [3.05, 3.63) is 48.6 Å². The molecule has 0 radical (unpaired) electrons. The number of unbranched alkanes of at least 4 members (excludes halogenated alkanes) is 35. The van der Waals surface area contributed by atoms with Crippen molar-refractivity contribution in [1.29, 1.82) is 0 Å². The normalized spacial score (nSPS) is 13.2. The van der Waals surface area contributed by atoms with Crippen molar-refractivity contribution in [2.45, 2.75) is 283 Å². The van der Waals surface area contributed by atoms with Gasteiger partial charge in [-0.2, -0.15) is 0 Å². The zero-order chi connectivity index (χ0) is 42.1.